The number of likely N-dealkylation sites (N-methyl/N-ethyl adjacent to an activating group) is 1. The highest BCUT2D eigenvalue weighted by atomic mass is 16.7. The molecule has 252 valence electrons. The Morgan fingerprint density at radius 1 is 1.17 bits per heavy atom. The van der Waals surface area contributed by atoms with Crippen molar-refractivity contribution in [2.45, 2.75) is 81.9 Å². The zero-order valence-electron chi connectivity index (χ0n) is 28.0. The summed E-state index contributed by atoms with van der Waals surface area (Å²) in [6.45, 7) is 5.48. The Balaban J connectivity index is 1.21. The molecule has 2 amide bonds. The summed E-state index contributed by atoms with van der Waals surface area (Å²) in [4.78, 5) is 35.2. The number of carbonyl (C=O) groups excluding carboxylic acids is 2. The first kappa shape index (κ1) is 33.1. The molecule has 3 unspecified atom stereocenters. The zero-order chi connectivity index (χ0) is 33.5. The van der Waals surface area contributed by atoms with Gasteiger partial charge in [-0.3, -0.25) is 19.9 Å². The van der Waals surface area contributed by atoms with E-state index in [0.717, 1.165) is 60.4 Å². The third-order valence-electron chi connectivity index (χ3n) is 10.5. The first-order valence-corrected chi connectivity index (χ1v) is 16.2. The van der Waals surface area contributed by atoms with Crippen LogP contribution in [0.5, 0.6) is 11.5 Å². The number of methoxy groups -OCH3 is 2. The molecular weight excluding hydrogens is 602 g/mol. The molecule has 3 heterocycles. The van der Waals surface area contributed by atoms with Gasteiger partial charge in [0.1, 0.15) is 0 Å². The number of fused-ring (bicyclic) bond motifs is 2. The molecule has 2 saturated heterocycles. The molecule has 5 atom stereocenters. The molecular formula is C35H45N5O7. The standard InChI is InChI=1S/C35H45N5O7/c1-21-13-26-27(14-22(21)2)40(32(36-3)31(38-26)33(43)37-20-41)18-24(42)16-25-19-46-35(47-25)10-9-34(11-12-39(4)30(34)17-35)23-7-8-28(44-5)29(15-23)45-6/h7-8,13-15,20,24-25,30,42H,9-12,16-19H2,1-6H3,(H,37,41,43)/t24?,25?,30-,34-,35?/m0/s1. The molecule has 1 spiro atoms. The van der Waals surface area contributed by atoms with Gasteiger partial charge >= 0.3 is 0 Å². The number of nitrogens with one attached hydrogen (secondary N) is 1. The SMILES string of the molecule is CN=c1c(C(=O)NC=O)nc2cc(C)c(C)cc2n1CC(O)CC1COC2(CC[C@@]3(c4ccc(OC)c(OC)c4)CCN(C)[C@H]3C2)O1. The number of benzene rings is 2. The summed E-state index contributed by atoms with van der Waals surface area (Å²) < 4.78 is 26.1. The first-order valence-electron chi connectivity index (χ1n) is 16.2. The Morgan fingerprint density at radius 2 is 1.94 bits per heavy atom. The van der Waals surface area contributed by atoms with E-state index in [2.05, 4.69) is 39.4 Å². The minimum atomic E-state index is -0.831. The Kier molecular flexibility index (Phi) is 9.14. The number of aliphatic hydroxyl groups is 1. The van der Waals surface area contributed by atoms with Gasteiger partial charge in [-0.05, 0) is 81.2 Å². The lowest BCUT2D eigenvalue weighted by Crippen LogP contribution is -2.53. The van der Waals surface area contributed by atoms with Gasteiger partial charge in [-0.1, -0.05) is 6.07 Å². The van der Waals surface area contributed by atoms with Gasteiger partial charge in [0.05, 0.1) is 50.6 Å². The molecule has 12 nitrogen and oxygen atoms in total. The van der Waals surface area contributed by atoms with Crippen molar-refractivity contribution in [2.24, 2.45) is 4.99 Å². The maximum Gasteiger partial charge on any atom is 0.280 e. The molecule has 2 aliphatic heterocycles. The molecule has 3 aliphatic rings. The summed E-state index contributed by atoms with van der Waals surface area (Å²) in [6.07, 6.45) is 2.93. The fourth-order valence-electron chi connectivity index (χ4n) is 7.95. The van der Waals surface area contributed by atoms with Crippen molar-refractivity contribution in [3.63, 3.8) is 0 Å². The van der Waals surface area contributed by atoms with Crippen molar-refractivity contribution < 1.29 is 33.6 Å². The number of nitrogens with zero attached hydrogens (tertiary/aromatic N) is 4. The van der Waals surface area contributed by atoms with E-state index in [4.69, 9.17) is 18.9 Å². The van der Waals surface area contributed by atoms with Gasteiger partial charge in [0.25, 0.3) is 5.91 Å². The number of rotatable bonds is 9. The van der Waals surface area contributed by atoms with Crippen molar-refractivity contribution in [3.8, 4) is 11.5 Å². The van der Waals surface area contributed by atoms with E-state index in [9.17, 15) is 14.7 Å². The number of imide groups is 1. The molecule has 1 aromatic heterocycles. The summed E-state index contributed by atoms with van der Waals surface area (Å²) in [5.74, 6) is 0.0749. The third-order valence-corrected chi connectivity index (χ3v) is 10.5. The van der Waals surface area contributed by atoms with Crippen LogP contribution in [0.1, 0.15) is 59.3 Å². The Labute approximate surface area is 274 Å². The van der Waals surface area contributed by atoms with Gasteiger partial charge in [0.15, 0.2) is 28.5 Å². The highest BCUT2D eigenvalue weighted by Crippen LogP contribution is 2.54. The van der Waals surface area contributed by atoms with Crippen LogP contribution < -0.4 is 20.3 Å². The van der Waals surface area contributed by atoms with Crippen LogP contribution in [0.4, 0.5) is 0 Å². The number of likely N-dealkylation sites (tertiary alicyclic amines) is 1. The molecule has 3 fully saturated rings. The van der Waals surface area contributed by atoms with Gasteiger partial charge in [0.2, 0.25) is 6.41 Å². The van der Waals surface area contributed by atoms with E-state index < -0.39 is 17.8 Å². The van der Waals surface area contributed by atoms with Gasteiger partial charge in [-0.25, -0.2) is 4.98 Å². The summed E-state index contributed by atoms with van der Waals surface area (Å²) >= 11 is 0. The minimum absolute atomic E-state index is 0.0165. The number of aliphatic hydroxyl groups excluding tert-OH is 1. The van der Waals surface area contributed by atoms with Crippen LogP contribution in [0, 0.1) is 13.8 Å². The summed E-state index contributed by atoms with van der Waals surface area (Å²) in [6, 6.07) is 10.4. The van der Waals surface area contributed by atoms with E-state index in [1.165, 1.54) is 5.56 Å². The lowest BCUT2D eigenvalue weighted by Gasteiger charge is -2.48. The Morgan fingerprint density at radius 3 is 2.66 bits per heavy atom. The quantitative estimate of drug-likeness (QED) is 0.336. The number of hydrogen-bond acceptors (Lipinski definition) is 10. The maximum atomic E-state index is 12.8. The fraction of sp³-hybridized carbons (Fsp3) is 0.543. The number of carbonyl (C=O) groups is 2. The van der Waals surface area contributed by atoms with Crippen LogP contribution in [0.15, 0.2) is 35.3 Å². The number of aryl methyl sites for hydroxylation is 2. The average Bonchev–Trinajstić information content (AvgIpc) is 3.61. The van der Waals surface area contributed by atoms with Crippen LogP contribution in [0.3, 0.4) is 0 Å². The van der Waals surface area contributed by atoms with Crippen LogP contribution >= 0.6 is 0 Å². The van der Waals surface area contributed by atoms with E-state index in [1.54, 1.807) is 25.8 Å². The van der Waals surface area contributed by atoms with Crippen molar-refractivity contribution in [1.29, 1.82) is 0 Å². The highest BCUT2D eigenvalue weighted by Gasteiger charge is 2.57. The van der Waals surface area contributed by atoms with Gasteiger partial charge < -0.3 is 33.5 Å². The van der Waals surface area contributed by atoms with Gasteiger partial charge in [-0.15, -0.1) is 0 Å². The highest BCUT2D eigenvalue weighted by molar-refractivity contribution is 5.99. The predicted molar refractivity (Wildman–Crippen MR) is 175 cm³/mol. The topological polar surface area (TPSA) is 137 Å². The molecule has 12 heteroatoms. The fourth-order valence-corrected chi connectivity index (χ4v) is 7.95. The largest absolute Gasteiger partial charge is 0.493 e. The Hall–Kier alpha value is -3.84. The average molecular weight is 648 g/mol. The lowest BCUT2D eigenvalue weighted by molar-refractivity contribution is -0.205. The van der Waals surface area contributed by atoms with Crippen molar-refractivity contribution >= 4 is 23.4 Å². The minimum Gasteiger partial charge on any atom is -0.493 e. The summed E-state index contributed by atoms with van der Waals surface area (Å²) in [5, 5.41) is 13.6. The van der Waals surface area contributed by atoms with Gasteiger partial charge in [0, 0.05) is 37.8 Å². The molecule has 1 saturated carbocycles. The van der Waals surface area contributed by atoms with E-state index in [1.807, 2.05) is 32.0 Å². The number of hydrogen-bond donors (Lipinski definition) is 2. The number of amides is 2. The van der Waals surface area contributed by atoms with E-state index in [0.29, 0.717) is 25.0 Å². The molecule has 1 aliphatic carbocycles. The monoisotopic (exact) mass is 647 g/mol. The van der Waals surface area contributed by atoms with Crippen molar-refractivity contribution in [3.05, 3.63) is 58.2 Å². The van der Waals surface area contributed by atoms with Gasteiger partial charge in [-0.2, -0.15) is 0 Å². The van der Waals surface area contributed by atoms with E-state index >= 15 is 0 Å². The normalized spacial score (nSPS) is 26.8. The van der Waals surface area contributed by atoms with Crippen LogP contribution in [-0.2, 0) is 26.2 Å². The predicted octanol–water partition coefficient (Wildman–Crippen LogP) is 2.78. The molecule has 0 bridgehead atoms. The third kappa shape index (κ3) is 5.92. The molecule has 3 aromatic rings. The second-order valence-corrected chi connectivity index (χ2v) is 13.2. The molecule has 6 rings (SSSR count). The summed E-state index contributed by atoms with van der Waals surface area (Å²) in [7, 11) is 7.05. The number of ether oxygens (including phenoxy) is 4. The zero-order valence-corrected chi connectivity index (χ0v) is 28.0. The smallest absolute Gasteiger partial charge is 0.280 e. The second kappa shape index (κ2) is 13.0. The van der Waals surface area contributed by atoms with E-state index in [-0.39, 0.29) is 35.3 Å². The molecule has 0 radical (unpaired) electrons. The number of aromatic nitrogens is 2. The van der Waals surface area contributed by atoms with Crippen LogP contribution in [0.25, 0.3) is 11.0 Å². The maximum absolute atomic E-state index is 12.8. The summed E-state index contributed by atoms with van der Waals surface area (Å²) in [5.41, 5.74) is 4.86. The van der Waals surface area contributed by atoms with Crippen LogP contribution in [-0.4, -0.2) is 97.4 Å². The molecule has 2 aromatic carbocycles. The van der Waals surface area contributed by atoms with Crippen LogP contribution in [0.2, 0.25) is 0 Å². The Bertz CT molecular complexity index is 1760. The second-order valence-electron chi connectivity index (χ2n) is 13.2. The lowest BCUT2D eigenvalue weighted by atomic mass is 9.64. The molecule has 2 N–H and O–H groups in total. The molecule has 47 heavy (non-hydrogen) atoms. The van der Waals surface area contributed by atoms with Crippen molar-refractivity contribution in [1.82, 2.24) is 19.8 Å². The first-order chi connectivity index (χ1) is 22.6. The van der Waals surface area contributed by atoms with Crippen molar-refractivity contribution in [2.75, 3.05) is 41.5 Å².